The van der Waals surface area contributed by atoms with Gasteiger partial charge in [-0.25, -0.2) is 0 Å². The second-order valence-electron chi connectivity index (χ2n) is 4.96. The third-order valence-corrected chi connectivity index (χ3v) is 3.64. The Hall–Kier alpha value is -1.10. The van der Waals surface area contributed by atoms with E-state index in [9.17, 15) is 4.79 Å². The van der Waals surface area contributed by atoms with E-state index in [4.69, 9.17) is 16.3 Å². The predicted molar refractivity (Wildman–Crippen MR) is 79.9 cm³/mol. The van der Waals surface area contributed by atoms with Crippen LogP contribution >= 0.6 is 11.6 Å². The minimum absolute atomic E-state index is 0.00953. The van der Waals surface area contributed by atoms with Crippen LogP contribution in [0.15, 0.2) is 24.3 Å². The van der Waals surface area contributed by atoms with Crippen LogP contribution in [0.5, 0.6) is 0 Å². The van der Waals surface area contributed by atoms with Crippen molar-refractivity contribution >= 4 is 17.5 Å². The van der Waals surface area contributed by atoms with Crippen LogP contribution < -0.4 is 10.6 Å². The molecule has 0 spiro atoms. The average Bonchev–Trinajstić information content (AvgIpc) is 2.48. The van der Waals surface area contributed by atoms with Crippen molar-refractivity contribution in [3.8, 4) is 0 Å². The molecule has 2 atom stereocenters. The highest BCUT2D eigenvalue weighted by Gasteiger charge is 2.24. The molecule has 0 bridgehead atoms. The first-order valence-electron chi connectivity index (χ1n) is 7.09. The predicted octanol–water partition coefficient (Wildman–Crippen LogP) is 2.29. The number of carbonyl (C=O) groups excluding carboxylic acids is 1. The third-order valence-electron chi connectivity index (χ3n) is 3.39. The fourth-order valence-corrected chi connectivity index (χ4v) is 2.43. The van der Waals surface area contributed by atoms with Gasteiger partial charge in [0.2, 0.25) is 0 Å². The smallest absolute Gasteiger partial charge is 0.250 e. The SMILES string of the molecule is CCC[C@H](NC(=O)[C@@H]1CNCCO1)c1ccc(Cl)cc1. The zero-order valence-corrected chi connectivity index (χ0v) is 12.5. The summed E-state index contributed by atoms with van der Waals surface area (Å²) in [6, 6.07) is 7.64. The van der Waals surface area contributed by atoms with Crippen molar-refractivity contribution in [2.45, 2.75) is 31.9 Å². The van der Waals surface area contributed by atoms with Gasteiger partial charge in [-0.1, -0.05) is 37.1 Å². The van der Waals surface area contributed by atoms with Gasteiger partial charge in [0.25, 0.3) is 5.91 Å². The molecular weight excluding hydrogens is 276 g/mol. The zero-order valence-electron chi connectivity index (χ0n) is 11.7. The van der Waals surface area contributed by atoms with E-state index in [1.54, 1.807) is 0 Å². The van der Waals surface area contributed by atoms with Crippen molar-refractivity contribution < 1.29 is 9.53 Å². The number of amides is 1. The number of rotatable bonds is 5. The van der Waals surface area contributed by atoms with E-state index in [1.807, 2.05) is 24.3 Å². The van der Waals surface area contributed by atoms with Gasteiger partial charge >= 0.3 is 0 Å². The number of hydrogen-bond acceptors (Lipinski definition) is 3. The minimum Gasteiger partial charge on any atom is -0.366 e. The van der Waals surface area contributed by atoms with Gasteiger partial charge in [-0.05, 0) is 24.1 Å². The molecule has 0 aromatic heterocycles. The lowest BCUT2D eigenvalue weighted by atomic mass is 10.0. The number of hydrogen-bond donors (Lipinski definition) is 2. The Morgan fingerprint density at radius 1 is 1.50 bits per heavy atom. The molecule has 20 heavy (non-hydrogen) atoms. The minimum atomic E-state index is -0.393. The Labute approximate surface area is 124 Å². The lowest BCUT2D eigenvalue weighted by Gasteiger charge is -2.26. The van der Waals surface area contributed by atoms with Gasteiger partial charge in [0.05, 0.1) is 12.6 Å². The van der Waals surface area contributed by atoms with Crippen LogP contribution in [-0.4, -0.2) is 31.7 Å². The second-order valence-corrected chi connectivity index (χ2v) is 5.40. The van der Waals surface area contributed by atoms with Crippen LogP contribution in [0.3, 0.4) is 0 Å². The van der Waals surface area contributed by atoms with E-state index < -0.39 is 6.10 Å². The summed E-state index contributed by atoms with van der Waals surface area (Å²) in [4.78, 5) is 12.2. The van der Waals surface area contributed by atoms with Crippen LogP contribution in [0.4, 0.5) is 0 Å². The molecule has 2 N–H and O–H groups in total. The Morgan fingerprint density at radius 2 is 2.25 bits per heavy atom. The van der Waals surface area contributed by atoms with Gasteiger partial charge in [-0.15, -0.1) is 0 Å². The fraction of sp³-hybridized carbons (Fsp3) is 0.533. The van der Waals surface area contributed by atoms with Crippen LogP contribution in [0.25, 0.3) is 0 Å². The fourth-order valence-electron chi connectivity index (χ4n) is 2.30. The second kappa shape index (κ2) is 7.62. The zero-order chi connectivity index (χ0) is 14.4. The molecular formula is C15H21ClN2O2. The molecule has 1 saturated heterocycles. The molecule has 4 nitrogen and oxygen atoms in total. The van der Waals surface area contributed by atoms with Crippen molar-refractivity contribution in [1.29, 1.82) is 0 Å². The first kappa shape index (κ1) is 15.3. The van der Waals surface area contributed by atoms with Crippen LogP contribution in [0, 0.1) is 0 Å². The largest absolute Gasteiger partial charge is 0.366 e. The quantitative estimate of drug-likeness (QED) is 0.876. The molecule has 1 aliphatic rings. The van der Waals surface area contributed by atoms with E-state index in [0.29, 0.717) is 18.2 Å². The molecule has 1 aromatic carbocycles. The maximum Gasteiger partial charge on any atom is 0.250 e. The van der Waals surface area contributed by atoms with Gasteiger partial charge in [-0.3, -0.25) is 4.79 Å². The molecule has 0 radical (unpaired) electrons. The number of ether oxygens (including phenoxy) is 1. The number of morpholine rings is 1. The normalized spacial score (nSPS) is 20.4. The molecule has 2 rings (SSSR count). The summed E-state index contributed by atoms with van der Waals surface area (Å²) in [5.74, 6) is -0.0504. The van der Waals surface area contributed by atoms with Gasteiger partial charge in [0.15, 0.2) is 0 Å². The van der Waals surface area contributed by atoms with Gasteiger partial charge in [-0.2, -0.15) is 0 Å². The summed E-state index contributed by atoms with van der Waals surface area (Å²) in [5, 5.41) is 6.95. The average molecular weight is 297 g/mol. The highest BCUT2D eigenvalue weighted by Crippen LogP contribution is 2.21. The van der Waals surface area contributed by atoms with Crippen LogP contribution in [0.2, 0.25) is 5.02 Å². The molecule has 1 amide bonds. The Bertz CT molecular complexity index is 430. The molecule has 5 heteroatoms. The van der Waals surface area contributed by atoms with E-state index in [-0.39, 0.29) is 11.9 Å². The molecule has 110 valence electrons. The topological polar surface area (TPSA) is 50.4 Å². The van der Waals surface area contributed by atoms with Crippen LogP contribution in [-0.2, 0) is 9.53 Å². The Morgan fingerprint density at radius 3 is 2.85 bits per heavy atom. The summed E-state index contributed by atoms with van der Waals surface area (Å²) in [5.41, 5.74) is 1.08. The molecule has 0 unspecified atom stereocenters. The summed E-state index contributed by atoms with van der Waals surface area (Å²) in [7, 11) is 0. The Balaban J connectivity index is 2.01. The van der Waals surface area contributed by atoms with Gasteiger partial charge < -0.3 is 15.4 Å². The van der Waals surface area contributed by atoms with Crippen molar-refractivity contribution in [1.82, 2.24) is 10.6 Å². The maximum absolute atomic E-state index is 12.2. The van der Waals surface area contributed by atoms with Crippen molar-refractivity contribution in [3.63, 3.8) is 0 Å². The van der Waals surface area contributed by atoms with Crippen LogP contribution in [0.1, 0.15) is 31.4 Å². The summed E-state index contributed by atoms with van der Waals surface area (Å²) >= 11 is 5.91. The molecule has 1 fully saturated rings. The molecule has 1 aliphatic heterocycles. The number of carbonyl (C=O) groups is 1. The number of halogens is 1. The lowest BCUT2D eigenvalue weighted by molar-refractivity contribution is -0.135. The van der Waals surface area contributed by atoms with Gasteiger partial charge in [0, 0.05) is 18.1 Å². The lowest BCUT2D eigenvalue weighted by Crippen LogP contribution is -2.48. The monoisotopic (exact) mass is 296 g/mol. The highest BCUT2D eigenvalue weighted by molar-refractivity contribution is 6.30. The van der Waals surface area contributed by atoms with Gasteiger partial charge in [0.1, 0.15) is 6.10 Å². The number of benzene rings is 1. The highest BCUT2D eigenvalue weighted by atomic mass is 35.5. The van der Waals surface area contributed by atoms with Crippen molar-refractivity contribution in [3.05, 3.63) is 34.9 Å². The van der Waals surface area contributed by atoms with E-state index in [0.717, 1.165) is 24.9 Å². The molecule has 1 heterocycles. The maximum atomic E-state index is 12.2. The van der Waals surface area contributed by atoms with Crippen molar-refractivity contribution in [2.75, 3.05) is 19.7 Å². The summed E-state index contributed by atoms with van der Waals surface area (Å²) in [6.07, 6.45) is 1.50. The first-order chi connectivity index (χ1) is 9.70. The van der Waals surface area contributed by atoms with Crippen molar-refractivity contribution in [2.24, 2.45) is 0 Å². The number of nitrogens with one attached hydrogen (secondary N) is 2. The summed E-state index contributed by atoms with van der Waals surface area (Å²) in [6.45, 7) is 4.07. The summed E-state index contributed by atoms with van der Waals surface area (Å²) < 4.78 is 5.48. The van der Waals surface area contributed by atoms with E-state index in [1.165, 1.54) is 0 Å². The van der Waals surface area contributed by atoms with E-state index >= 15 is 0 Å². The molecule has 0 saturated carbocycles. The first-order valence-corrected chi connectivity index (χ1v) is 7.46. The Kier molecular flexibility index (Phi) is 5.83. The third kappa shape index (κ3) is 4.20. The molecule has 0 aliphatic carbocycles. The standard InChI is InChI=1S/C15H21ClN2O2/c1-2-3-13(11-4-6-12(16)7-5-11)18-15(19)14-10-17-8-9-20-14/h4-7,13-14,17H,2-3,8-10H2,1H3,(H,18,19)/t13-,14-/m0/s1. The van der Waals surface area contributed by atoms with E-state index in [2.05, 4.69) is 17.6 Å². The molecule has 1 aromatic rings.